The zero-order chi connectivity index (χ0) is 17.4. The van der Waals surface area contributed by atoms with Gasteiger partial charge in [0.1, 0.15) is 11.1 Å². The maximum atomic E-state index is 14.3. The summed E-state index contributed by atoms with van der Waals surface area (Å²) in [4.78, 5) is 29.3. The molecule has 5 nitrogen and oxygen atoms in total. The molecular weight excluding hydrogens is 343 g/mol. The molecule has 1 atom stereocenters. The van der Waals surface area contributed by atoms with E-state index in [0.29, 0.717) is 23.9 Å². The van der Waals surface area contributed by atoms with E-state index in [4.69, 9.17) is 4.74 Å². The van der Waals surface area contributed by atoms with Crippen LogP contribution in [0.1, 0.15) is 6.42 Å². The Labute approximate surface area is 146 Å². The summed E-state index contributed by atoms with van der Waals surface area (Å²) in [6, 6.07) is 12.9. The third-order valence-electron chi connectivity index (χ3n) is 3.97. The molecule has 0 spiro atoms. The van der Waals surface area contributed by atoms with Gasteiger partial charge in [-0.1, -0.05) is 36.0 Å². The summed E-state index contributed by atoms with van der Waals surface area (Å²) >= 11 is 1.13. The van der Waals surface area contributed by atoms with Crippen molar-refractivity contribution in [3.05, 3.63) is 64.7 Å². The number of esters is 1. The number of hydrogen-bond donors (Lipinski definition) is 0. The fourth-order valence-corrected chi connectivity index (χ4v) is 3.82. The Kier molecular flexibility index (Phi) is 4.01. The standard InChI is InChI=1S/C18H13FN2O3S/c19-12-6-2-4-8-14(12)21-16(22)11-5-1-3-7-13(11)20-18(21)25-15-9-10-24-17(15)23/h1-8,15H,9-10H2/t15-/m1/s1. The maximum Gasteiger partial charge on any atom is 0.319 e. The van der Waals surface area contributed by atoms with E-state index < -0.39 is 11.1 Å². The van der Waals surface area contributed by atoms with E-state index in [2.05, 4.69) is 4.98 Å². The van der Waals surface area contributed by atoms with Crippen LogP contribution >= 0.6 is 11.8 Å². The van der Waals surface area contributed by atoms with Crippen LogP contribution in [0.25, 0.3) is 16.6 Å². The van der Waals surface area contributed by atoms with Crippen LogP contribution in [-0.4, -0.2) is 27.4 Å². The summed E-state index contributed by atoms with van der Waals surface area (Å²) in [6.07, 6.45) is 0.531. The molecule has 0 N–H and O–H groups in total. The molecule has 7 heteroatoms. The van der Waals surface area contributed by atoms with Crippen molar-refractivity contribution in [3.8, 4) is 5.69 Å². The predicted octanol–water partition coefficient (Wildman–Crippen LogP) is 2.93. The molecule has 0 unspecified atom stereocenters. The minimum atomic E-state index is -0.530. The first-order valence-corrected chi connectivity index (χ1v) is 8.63. The van der Waals surface area contributed by atoms with Crippen LogP contribution in [-0.2, 0) is 9.53 Å². The number of thioether (sulfide) groups is 1. The zero-order valence-electron chi connectivity index (χ0n) is 13.0. The quantitative estimate of drug-likeness (QED) is 0.533. The van der Waals surface area contributed by atoms with Crippen LogP contribution < -0.4 is 5.56 Å². The topological polar surface area (TPSA) is 61.2 Å². The van der Waals surface area contributed by atoms with E-state index in [1.54, 1.807) is 36.4 Å². The monoisotopic (exact) mass is 356 g/mol. The number of hydrogen-bond acceptors (Lipinski definition) is 5. The van der Waals surface area contributed by atoms with Crippen LogP contribution in [0.5, 0.6) is 0 Å². The lowest BCUT2D eigenvalue weighted by Crippen LogP contribution is -2.24. The van der Waals surface area contributed by atoms with Gasteiger partial charge in [-0.3, -0.25) is 14.2 Å². The fraction of sp³-hybridized carbons (Fsp3) is 0.167. The van der Waals surface area contributed by atoms with Gasteiger partial charge in [-0.2, -0.15) is 0 Å². The van der Waals surface area contributed by atoms with Crippen molar-refractivity contribution >= 4 is 28.6 Å². The van der Waals surface area contributed by atoms with Gasteiger partial charge in [-0.15, -0.1) is 0 Å². The molecule has 25 heavy (non-hydrogen) atoms. The van der Waals surface area contributed by atoms with Crippen molar-refractivity contribution in [2.45, 2.75) is 16.8 Å². The highest BCUT2D eigenvalue weighted by molar-refractivity contribution is 8.00. The number of para-hydroxylation sites is 2. The Balaban J connectivity index is 1.96. The maximum absolute atomic E-state index is 14.3. The van der Waals surface area contributed by atoms with Gasteiger partial charge >= 0.3 is 5.97 Å². The summed E-state index contributed by atoms with van der Waals surface area (Å²) < 4.78 is 20.5. The Morgan fingerprint density at radius 2 is 1.88 bits per heavy atom. The highest BCUT2D eigenvalue weighted by atomic mass is 32.2. The Hall–Kier alpha value is -2.67. The number of benzene rings is 2. The van der Waals surface area contributed by atoms with E-state index in [0.717, 1.165) is 11.8 Å². The number of rotatable bonds is 3. The molecule has 126 valence electrons. The summed E-state index contributed by atoms with van der Waals surface area (Å²) in [5.41, 5.74) is 0.248. The van der Waals surface area contributed by atoms with Crippen LogP contribution in [0.15, 0.2) is 58.5 Å². The second-order valence-electron chi connectivity index (χ2n) is 5.57. The molecule has 0 radical (unpaired) electrons. The number of carbonyl (C=O) groups is 1. The first-order valence-electron chi connectivity index (χ1n) is 7.75. The highest BCUT2D eigenvalue weighted by Crippen LogP contribution is 2.30. The van der Waals surface area contributed by atoms with Gasteiger partial charge < -0.3 is 4.74 Å². The molecule has 0 amide bonds. The van der Waals surface area contributed by atoms with E-state index in [-0.39, 0.29) is 22.4 Å². The first kappa shape index (κ1) is 15.8. The average Bonchev–Trinajstić information content (AvgIpc) is 3.01. The minimum absolute atomic E-state index is 0.111. The zero-order valence-corrected chi connectivity index (χ0v) is 13.8. The lowest BCUT2D eigenvalue weighted by molar-refractivity contribution is -0.137. The van der Waals surface area contributed by atoms with Gasteiger partial charge in [0.15, 0.2) is 5.16 Å². The SMILES string of the molecule is O=C1OCC[C@H]1Sc1nc2ccccc2c(=O)n1-c1ccccc1F. The first-order chi connectivity index (χ1) is 12.1. The molecule has 3 aromatic rings. The number of ether oxygens (including phenoxy) is 1. The van der Waals surface area contributed by atoms with E-state index in [1.807, 2.05) is 0 Å². The molecule has 1 fully saturated rings. The van der Waals surface area contributed by atoms with Gasteiger partial charge in [-0.05, 0) is 24.3 Å². The van der Waals surface area contributed by atoms with Crippen LogP contribution in [0.2, 0.25) is 0 Å². The molecule has 4 rings (SSSR count). The van der Waals surface area contributed by atoms with Gasteiger partial charge in [0, 0.05) is 6.42 Å². The average molecular weight is 356 g/mol. The number of fused-ring (bicyclic) bond motifs is 1. The molecular formula is C18H13FN2O3S. The Morgan fingerprint density at radius 3 is 2.64 bits per heavy atom. The van der Waals surface area contributed by atoms with Crippen molar-refractivity contribution in [1.29, 1.82) is 0 Å². The number of cyclic esters (lactones) is 1. The Morgan fingerprint density at radius 1 is 1.12 bits per heavy atom. The van der Waals surface area contributed by atoms with Crippen molar-refractivity contribution in [1.82, 2.24) is 9.55 Å². The predicted molar refractivity (Wildman–Crippen MR) is 92.5 cm³/mol. The number of nitrogens with zero attached hydrogens (tertiary/aromatic N) is 2. The van der Waals surface area contributed by atoms with E-state index in [9.17, 15) is 14.0 Å². The molecule has 1 aliphatic rings. The molecule has 2 heterocycles. The van der Waals surface area contributed by atoms with Crippen molar-refractivity contribution in [2.75, 3.05) is 6.61 Å². The lowest BCUT2D eigenvalue weighted by Gasteiger charge is -2.15. The minimum Gasteiger partial charge on any atom is -0.465 e. The number of carbonyl (C=O) groups excluding carboxylic acids is 1. The van der Waals surface area contributed by atoms with Crippen LogP contribution in [0, 0.1) is 5.82 Å². The smallest absolute Gasteiger partial charge is 0.319 e. The summed E-state index contributed by atoms with van der Waals surface area (Å²) in [5.74, 6) is -0.870. The number of aromatic nitrogens is 2. The third kappa shape index (κ3) is 2.80. The number of halogens is 1. The Bertz CT molecular complexity index is 1030. The fourth-order valence-electron chi connectivity index (χ4n) is 2.75. The van der Waals surface area contributed by atoms with Gasteiger partial charge in [0.05, 0.1) is 23.2 Å². The van der Waals surface area contributed by atoms with Gasteiger partial charge in [0.25, 0.3) is 5.56 Å². The largest absolute Gasteiger partial charge is 0.465 e. The van der Waals surface area contributed by atoms with Crippen molar-refractivity contribution in [3.63, 3.8) is 0 Å². The van der Waals surface area contributed by atoms with Crippen LogP contribution in [0.4, 0.5) is 4.39 Å². The van der Waals surface area contributed by atoms with E-state index in [1.165, 1.54) is 16.7 Å². The molecule has 0 saturated carbocycles. The van der Waals surface area contributed by atoms with Crippen molar-refractivity contribution < 1.29 is 13.9 Å². The summed E-state index contributed by atoms with van der Waals surface area (Å²) in [7, 11) is 0. The van der Waals surface area contributed by atoms with Gasteiger partial charge in [0.2, 0.25) is 0 Å². The van der Waals surface area contributed by atoms with Crippen LogP contribution in [0.3, 0.4) is 0 Å². The molecule has 1 saturated heterocycles. The second-order valence-corrected chi connectivity index (χ2v) is 6.74. The normalized spacial score (nSPS) is 17.0. The third-order valence-corrected chi connectivity index (χ3v) is 5.17. The summed E-state index contributed by atoms with van der Waals surface area (Å²) in [5, 5.41) is 0.216. The highest BCUT2D eigenvalue weighted by Gasteiger charge is 2.30. The molecule has 0 bridgehead atoms. The molecule has 2 aromatic carbocycles. The summed E-state index contributed by atoms with van der Waals surface area (Å²) in [6.45, 7) is 0.341. The molecule has 1 aliphatic heterocycles. The molecule has 0 aliphatic carbocycles. The second kappa shape index (κ2) is 6.33. The van der Waals surface area contributed by atoms with Gasteiger partial charge in [-0.25, -0.2) is 9.37 Å². The lowest BCUT2D eigenvalue weighted by atomic mass is 10.2. The molecule has 1 aromatic heterocycles. The van der Waals surface area contributed by atoms with Crippen molar-refractivity contribution in [2.24, 2.45) is 0 Å². The van der Waals surface area contributed by atoms with E-state index >= 15 is 0 Å².